The molecule has 3 aromatic heterocycles. The summed E-state index contributed by atoms with van der Waals surface area (Å²) in [6, 6.07) is 12.1. The van der Waals surface area contributed by atoms with Crippen molar-refractivity contribution in [3.8, 4) is 23.3 Å². The number of hydrogen-bond acceptors (Lipinski definition) is 7. The van der Waals surface area contributed by atoms with Crippen LogP contribution in [0.3, 0.4) is 0 Å². The fourth-order valence-corrected chi connectivity index (χ4v) is 3.39. The maximum Gasteiger partial charge on any atom is 0.356 e. The monoisotopic (exact) mass is 468 g/mol. The molecule has 2 N–H and O–H groups in total. The predicted octanol–water partition coefficient (Wildman–Crippen LogP) is 4.16. The highest BCUT2D eigenvalue weighted by atomic mass is 35.5. The van der Waals surface area contributed by atoms with Gasteiger partial charge in [-0.15, -0.1) is 0 Å². The van der Waals surface area contributed by atoms with Gasteiger partial charge >= 0.3 is 12.0 Å². The van der Waals surface area contributed by atoms with Crippen LogP contribution < -0.4 is 10.1 Å². The Morgan fingerprint density at radius 2 is 2.06 bits per heavy atom. The number of nitrogens with one attached hydrogen (secondary N) is 1. The Hall–Kier alpha value is -3.87. The summed E-state index contributed by atoms with van der Waals surface area (Å²) in [5, 5.41) is 22.1. The third kappa shape index (κ3) is 4.56. The Morgan fingerprint density at radius 1 is 1.22 bits per heavy atom. The minimum Gasteiger partial charge on any atom is -0.476 e. The first-order valence-electron chi connectivity index (χ1n) is 9.26. The highest BCUT2D eigenvalue weighted by Gasteiger charge is 2.16. The summed E-state index contributed by atoms with van der Waals surface area (Å²) >= 11 is 12.3. The number of halogens is 2. The van der Waals surface area contributed by atoms with E-state index in [1.165, 1.54) is 16.8 Å². The van der Waals surface area contributed by atoms with Gasteiger partial charge in [0, 0.05) is 29.0 Å². The number of ether oxygens (including phenoxy) is 1. The van der Waals surface area contributed by atoms with E-state index in [0.717, 1.165) is 0 Å². The molecule has 0 aliphatic carbocycles. The first-order chi connectivity index (χ1) is 15.4. The van der Waals surface area contributed by atoms with Crippen molar-refractivity contribution in [2.75, 3.05) is 18.5 Å². The van der Waals surface area contributed by atoms with Crippen molar-refractivity contribution in [1.82, 2.24) is 19.4 Å². The summed E-state index contributed by atoms with van der Waals surface area (Å²) in [7, 11) is 0. The maximum absolute atomic E-state index is 11.4. The number of nitrogens with zero attached hydrogens (tertiary/aromatic N) is 5. The molecule has 0 radical (unpaired) electrons. The number of pyridine rings is 1. The largest absolute Gasteiger partial charge is 0.476 e. The molecule has 11 heteroatoms. The Labute approximate surface area is 191 Å². The van der Waals surface area contributed by atoms with Gasteiger partial charge in [-0.25, -0.2) is 14.8 Å². The van der Waals surface area contributed by atoms with E-state index in [-0.39, 0.29) is 18.3 Å². The molecular weight excluding hydrogens is 455 g/mol. The lowest BCUT2D eigenvalue weighted by Gasteiger charge is -2.11. The summed E-state index contributed by atoms with van der Waals surface area (Å²) < 4.78 is 7.27. The van der Waals surface area contributed by atoms with Crippen molar-refractivity contribution in [1.29, 1.82) is 5.26 Å². The normalized spacial score (nSPS) is 10.7. The van der Waals surface area contributed by atoms with Crippen molar-refractivity contribution in [3.63, 3.8) is 0 Å². The molecule has 0 fully saturated rings. The van der Waals surface area contributed by atoms with Crippen LogP contribution in [0.5, 0.6) is 6.01 Å². The first-order valence-corrected chi connectivity index (χ1v) is 10.0. The second-order valence-corrected chi connectivity index (χ2v) is 7.37. The van der Waals surface area contributed by atoms with Crippen LogP contribution in [0.25, 0.3) is 16.9 Å². The number of fused-ring (bicyclic) bond motifs is 1. The molecule has 160 valence electrons. The zero-order chi connectivity index (χ0) is 22.7. The molecule has 4 rings (SSSR count). The highest BCUT2D eigenvalue weighted by molar-refractivity contribution is 6.36. The van der Waals surface area contributed by atoms with Gasteiger partial charge in [0.2, 0.25) is 0 Å². The second kappa shape index (κ2) is 9.09. The van der Waals surface area contributed by atoms with Crippen LogP contribution >= 0.6 is 23.2 Å². The van der Waals surface area contributed by atoms with E-state index in [4.69, 9.17) is 33.2 Å². The van der Waals surface area contributed by atoms with Gasteiger partial charge < -0.3 is 15.2 Å². The minimum absolute atomic E-state index is 0.143. The molecule has 0 saturated heterocycles. The molecule has 0 spiro atoms. The van der Waals surface area contributed by atoms with Crippen LogP contribution in [0.2, 0.25) is 10.0 Å². The minimum atomic E-state index is -1.17. The quantitative estimate of drug-likeness (QED) is 0.387. The van der Waals surface area contributed by atoms with Crippen LogP contribution in [0.15, 0.2) is 48.8 Å². The van der Waals surface area contributed by atoms with Crippen LogP contribution in [-0.2, 0) is 0 Å². The molecule has 0 bridgehead atoms. The number of benzene rings is 1. The van der Waals surface area contributed by atoms with Gasteiger partial charge in [-0.05, 0) is 30.3 Å². The molecule has 0 unspecified atom stereocenters. The number of anilines is 1. The Morgan fingerprint density at radius 3 is 2.75 bits per heavy atom. The molecule has 0 amide bonds. The van der Waals surface area contributed by atoms with Crippen LogP contribution in [-0.4, -0.2) is 43.6 Å². The molecule has 0 atom stereocenters. The predicted molar refractivity (Wildman–Crippen MR) is 118 cm³/mol. The number of carboxylic acids is 1. The van der Waals surface area contributed by atoms with E-state index in [1.54, 1.807) is 36.4 Å². The van der Waals surface area contributed by atoms with Crippen LogP contribution in [0.4, 0.5) is 5.82 Å². The van der Waals surface area contributed by atoms with Crippen molar-refractivity contribution in [3.05, 3.63) is 70.1 Å². The standard InChI is InChI=1S/C21H14Cl2N6O3/c22-13-2-3-14(15(23)7-13)16-8-19-27-17(20(30)31)11-29(19)21(28-16)32-6-5-25-18-4-1-12(9-24)10-26-18/h1-4,7-8,10-11H,5-6H2,(H,25,26)(H,30,31). The van der Waals surface area contributed by atoms with E-state index < -0.39 is 5.97 Å². The SMILES string of the molecule is N#Cc1ccc(NCCOc2nc(-c3ccc(Cl)cc3Cl)cc3nc(C(=O)O)cn23)nc1. The van der Waals surface area contributed by atoms with Crippen LogP contribution in [0, 0.1) is 11.3 Å². The molecule has 32 heavy (non-hydrogen) atoms. The second-order valence-electron chi connectivity index (χ2n) is 6.53. The summed E-state index contributed by atoms with van der Waals surface area (Å²) in [5.41, 5.74) is 1.72. The van der Waals surface area contributed by atoms with Crippen LogP contribution in [0.1, 0.15) is 16.1 Å². The molecular formula is C21H14Cl2N6O3. The Balaban J connectivity index is 1.59. The van der Waals surface area contributed by atoms with Gasteiger partial charge in [0.05, 0.1) is 22.8 Å². The summed E-state index contributed by atoms with van der Waals surface area (Å²) in [4.78, 5) is 24.1. The number of carboxylic acid groups (broad SMARTS) is 1. The molecule has 0 saturated carbocycles. The lowest BCUT2D eigenvalue weighted by Crippen LogP contribution is -2.14. The van der Waals surface area contributed by atoms with Crippen molar-refractivity contribution >= 4 is 40.6 Å². The number of aromatic carboxylic acids is 1. The van der Waals surface area contributed by atoms with Crippen molar-refractivity contribution in [2.24, 2.45) is 0 Å². The topological polar surface area (TPSA) is 125 Å². The third-order valence-corrected chi connectivity index (χ3v) is 4.93. The van der Waals surface area contributed by atoms with E-state index in [9.17, 15) is 9.90 Å². The van der Waals surface area contributed by atoms with Gasteiger partial charge in [-0.1, -0.05) is 23.2 Å². The van der Waals surface area contributed by atoms with E-state index >= 15 is 0 Å². The summed E-state index contributed by atoms with van der Waals surface area (Å²) in [6.45, 7) is 0.580. The number of hydrogen-bond donors (Lipinski definition) is 2. The fraction of sp³-hybridized carbons (Fsp3) is 0.0952. The molecule has 0 aliphatic rings. The summed E-state index contributed by atoms with van der Waals surface area (Å²) in [5.74, 6) is -0.581. The Kier molecular flexibility index (Phi) is 6.07. The fourth-order valence-electron chi connectivity index (χ4n) is 2.89. The number of aromatic nitrogens is 4. The van der Waals surface area contributed by atoms with E-state index in [0.29, 0.717) is 44.9 Å². The van der Waals surface area contributed by atoms with Gasteiger partial charge in [-0.3, -0.25) is 4.40 Å². The number of rotatable bonds is 7. The molecule has 1 aromatic carbocycles. The first kappa shape index (κ1) is 21.4. The van der Waals surface area contributed by atoms with Crippen molar-refractivity contribution < 1.29 is 14.6 Å². The Bertz CT molecular complexity index is 1350. The lowest BCUT2D eigenvalue weighted by atomic mass is 10.1. The third-order valence-electron chi connectivity index (χ3n) is 4.38. The number of imidazole rings is 1. The number of nitriles is 1. The zero-order valence-electron chi connectivity index (χ0n) is 16.3. The number of carbonyl (C=O) groups is 1. The van der Waals surface area contributed by atoms with E-state index in [1.807, 2.05) is 6.07 Å². The summed E-state index contributed by atoms with van der Waals surface area (Å²) in [6.07, 6.45) is 2.80. The maximum atomic E-state index is 11.4. The average molecular weight is 469 g/mol. The lowest BCUT2D eigenvalue weighted by molar-refractivity contribution is 0.0691. The average Bonchev–Trinajstić information content (AvgIpc) is 3.22. The highest BCUT2D eigenvalue weighted by Crippen LogP contribution is 2.31. The van der Waals surface area contributed by atoms with E-state index in [2.05, 4.69) is 20.3 Å². The van der Waals surface area contributed by atoms with Crippen molar-refractivity contribution in [2.45, 2.75) is 0 Å². The molecule has 9 nitrogen and oxygen atoms in total. The van der Waals surface area contributed by atoms with Gasteiger partial charge in [-0.2, -0.15) is 10.2 Å². The van der Waals surface area contributed by atoms with Gasteiger partial charge in [0.25, 0.3) is 0 Å². The molecule has 4 aromatic rings. The zero-order valence-corrected chi connectivity index (χ0v) is 17.8. The molecule has 3 heterocycles. The smallest absolute Gasteiger partial charge is 0.356 e. The van der Waals surface area contributed by atoms with Gasteiger partial charge in [0.15, 0.2) is 5.69 Å². The van der Waals surface area contributed by atoms with Gasteiger partial charge in [0.1, 0.15) is 24.1 Å². The molecule has 0 aliphatic heterocycles.